The van der Waals surface area contributed by atoms with Gasteiger partial charge in [-0.05, 0) is 73.9 Å². The van der Waals surface area contributed by atoms with Gasteiger partial charge in [-0.15, -0.1) is 0 Å². The largest absolute Gasteiger partial charge is 0.395 e. The summed E-state index contributed by atoms with van der Waals surface area (Å²) in [5, 5.41) is 12.0. The van der Waals surface area contributed by atoms with Gasteiger partial charge in [0.05, 0.1) is 22.8 Å². The Kier molecular flexibility index (Phi) is 7.70. The van der Waals surface area contributed by atoms with Crippen molar-refractivity contribution in [3.8, 4) is 0 Å². The third-order valence-corrected chi connectivity index (χ3v) is 9.06. The monoisotopic (exact) mass is 547 g/mol. The number of carbonyl (C=O) groups is 1. The van der Waals surface area contributed by atoms with E-state index < -0.39 is 16.9 Å². The Morgan fingerprint density at radius 3 is 2.37 bits per heavy atom. The van der Waals surface area contributed by atoms with Crippen LogP contribution in [-0.4, -0.2) is 65.5 Å². The highest BCUT2D eigenvalue weighted by Gasteiger charge is 2.44. The lowest BCUT2D eigenvalue weighted by molar-refractivity contribution is -0.0221. The summed E-state index contributed by atoms with van der Waals surface area (Å²) in [4.78, 5) is 22.7. The molecule has 2 saturated heterocycles. The molecule has 1 unspecified atom stereocenters. The number of aromatic nitrogens is 1. The van der Waals surface area contributed by atoms with Gasteiger partial charge in [-0.3, -0.25) is 4.79 Å². The van der Waals surface area contributed by atoms with Crippen LogP contribution in [0.3, 0.4) is 0 Å². The first-order valence-electron chi connectivity index (χ1n) is 13.3. The minimum Gasteiger partial charge on any atom is -0.395 e. The van der Waals surface area contributed by atoms with E-state index in [1.165, 1.54) is 12.8 Å². The number of halogens is 2. The highest BCUT2D eigenvalue weighted by molar-refractivity contribution is 7.83. The van der Waals surface area contributed by atoms with E-state index in [-0.39, 0.29) is 45.0 Å². The van der Waals surface area contributed by atoms with Gasteiger partial charge in [0.2, 0.25) is 0 Å². The Morgan fingerprint density at radius 2 is 1.71 bits per heavy atom. The number of rotatable bonds is 8. The van der Waals surface area contributed by atoms with Gasteiger partial charge in [-0.2, -0.15) is 0 Å². The van der Waals surface area contributed by atoms with Crippen molar-refractivity contribution in [2.75, 3.05) is 54.4 Å². The van der Waals surface area contributed by atoms with Gasteiger partial charge < -0.3 is 20.2 Å². The van der Waals surface area contributed by atoms with E-state index in [2.05, 4.69) is 19.9 Å². The zero-order valence-electron chi connectivity index (χ0n) is 21.6. The summed E-state index contributed by atoms with van der Waals surface area (Å²) in [6.07, 6.45) is 4.24. The number of pyridine rings is 1. The summed E-state index contributed by atoms with van der Waals surface area (Å²) in [5.74, 6) is -2.05. The van der Waals surface area contributed by atoms with Crippen LogP contribution in [-0.2, 0) is 11.0 Å². The Labute approximate surface area is 224 Å². The number of carbonyl (C=O) groups excluding carboxylic acids is 1. The maximum absolute atomic E-state index is 13.6. The van der Waals surface area contributed by atoms with Gasteiger partial charge in [0, 0.05) is 45.6 Å². The molecule has 1 aromatic heterocycles. The van der Waals surface area contributed by atoms with Crippen molar-refractivity contribution in [1.29, 1.82) is 0 Å². The van der Waals surface area contributed by atoms with Crippen LogP contribution in [0.1, 0.15) is 54.4 Å². The van der Waals surface area contributed by atoms with Crippen LogP contribution in [0.5, 0.6) is 0 Å². The molecule has 2 aliphatic heterocycles. The zero-order chi connectivity index (χ0) is 26.9. The minimum absolute atomic E-state index is 0.126. The van der Waals surface area contributed by atoms with Crippen molar-refractivity contribution >= 4 is 34.2 Å². The predicted molar refractivity (Wildman–Crippen MR) is 144 cm³/mol. The van der Waals surface area contributed by atoms with E-state index in [0.717, 1.165) is 37.2 Å². The lowest BCUT2D eigenvalue weighted by Gasteiger charge is -2.35. The second-order valence-electron chi connectivity index (χ2n) is 10.7. The molecule has 38 heavy (non-hydrogen) atoms. The molecule has 3 fully saturated rings. The molecule has 3 heterocycles. The Morgan fingerprint density at radius 1 is 1.03 bits per heavy atom. The van der Waals surface area contributed by atoms with E-state index in [0.29, 0.717) is 27.5 Å². The van der Waals surface area contributed by atoms with E-state index in [9.17, 15) is 17.8 Å². The Hall–Kier alpha value is -2.63. The molecule has 11 heteroatoms. The van der Waals surface area contributed by atoms with Crippen LogP contribution in [0.15, 0.2) is 35.2 Å². The van der Waals surface area contributed by atoms with Crippen molar-refractivity contribution in [2.45, 2.75) is 56.3 Å². The molecule has 206 valence electrons. The molecule has 8 nitrogen and oxygen atoms in total. The first-order valence-corrected chi connectivity index (χ1v) is 14.4. The number of piperidine rings is 2. The van der Waals surface area contributed by atoms with Gasteiger partial charge in [-0.1, -0.05) is 0 Å². The molecule has 1 aliphatic carbocycles. The Bertz CT molecular complexity index is 1200. The second-order valence-corrected chi connectivity index (χ2v) is 12.0. The van der Waals surface area contributed by atoms with Crippen LogP contribution in [0.4, 0.5) is 26.1 Å². The summed E-state index contributed by atoms with van der Waals surface area (Å²) >= 11 is 0. The van der Waals surface area contributed by atoms with Crippen molar-refractivity contribution in [1.82, 2.24) is 9.71 Å². The number of hydrogen-bond donors (Lipinski definition) is 3. The first-order chi connectivity index (χ1) is 18.2. The van der Waals surface area contributed by atoms with Crippen molar-refractivity contribution in [2.24, 2.45) is 5.41 Å². The van der Waals surface area contributed by atoms with E-state index in [4.69, 9.17) is 5.11 Å². The van der Waals surface area contributed by atoms with Crippen LogP contribution < -0.4 is 19.8 Å². The van der Waals surface area contributed by atoms with Crippen LogP contribution in [0.2, 0.25) is 0 Å². The number of alkyl halides is 2. The van der Waals surface area contributed by atoms with Gasteiger partial charge in [0.25, 0.3) is 11.8 Å². The van der Waals surface area contributed by atoms with Crippen LogP contribution in [0, 0.1) is 12.3 Å². The molecule has 1 atom stereocenters. The van der Waals surface area contributed by atoms with E-state index in [1.54, 1.807) is 24.3 Å². The number of hydrogen-bond acceptors (Lipinski definition) is 6. The van der Waals surface area contributed by atoms with Gasteiger partial charge in [0.1, 0.15) is 22.6 Å². The summed E-state index contributed by atoms with van der Waals surface area (Å²) < 4.78 is 42.8. The Balaban J connectivity index is 1.38. The number of benzene rings is 1. The fourth-order valence-corrected chi connectivity index (χ4v) is 6.18. The summed E-state index contributed by atoms with van der Waals surface area (Å²) in [5.41, 5.74) is 2.51. The molecule has 3 aliphatic rings. The number of aliphatic hydroxyl groups excluding tert-OH is 1. The number of amides is 1. The fourth-order valence-electron chi connectivity index (χ4n) is 5.32. The quantitative estimate of drug-likeness (QED) is 0.465. The number of nitrogens with one attached hydrogen (secondary N) is 2. The van der Waals surface area contributed by atoms with Gasteiger partial charge in [0.15, 0.2) is 0 Å². The van der Waals surface area contributed by atoms with Crippen LogP contribution >= 0.6 is 0 Å². The minimum atomic E-state index is -2.65. The highest BCUT2D eigenvalue weighted by Crippen LogP contribution is 2.54. The topological polar surface area (TPSA) is 97.8 Å². The maximum Gasteiger partial charge on any atom is 0.258 e. The van der Waals surface area contributed by atoms with Gasteiger partial charge in [-0.25, -0.2) is 22.7 Å². The zero-order valence-corrected chi connectivity index (χ0v) is 22.5. The summed E-state index contributed by atoms with van der Waals surface area (Å²) in [6, 6.07) is 8.75. The molecule has 2 aromatic rings. The molecular weight excluding hydrogens is 512 g/mol. The third kappa shape index (κ3) is 6.16. The van der Waals surface area contributed by atoms with Crippen LogP contribution in [0.25, 0.3) is 0 Å². The molecular formula is C27H35F2N5O3S. The smallest absolute Gasteiger partial charge is 0.258 e. The molecule has 1 saturated carbocycles. The lowest BCUT2D eigenvalue weighted by Crippen LogP contribution is -2.39. The third-order valence-electron chi connectivity index (χ3n) is 7.91. The fraction of sp³-hybridized carbons (Fsp3) is 0.556. The first kappa shape index (κ1) is 27.0. The number of aryl methyl sites for hydroxylation is 1. The highest BCUT2D eigenvalue weighted by atomic mass is 32.2. The normalized spacial score (nSPS) is 20.8. The lowest BCUT2D eigenvalue weighted by atomic mass is 9.93. The molecule has 1 aromatic carbocycles. The summed E-state index contributed by atoms with van der Waals surface area (Å²) in [7, 11) is -1.51. The second kappa shape index (κ2) is 10.9. The average Bonchev–Trinajstić information content (AvgIpc) is 3.65. The van der Waals surface area contributed by atoms with E-state index in [1.807, 2.05) is 17.9 Å². The molecule has 1 amide bonds. The number of nitrogens with zero attached hydrogens (tertiary/aromatic N) is 3. The van der Waals surface area contributed by atoms with Crippen molar-refractivity contribution < 1.29 is 22.9 Å². The number of aliphatic hydroxyl groups is 1. The van der Waals surface area contributed by atoms with Crippen molar-refractivity contribution in [3.63, 3.8) is 0 Å². The predicted octanol–water partition coefficient (Wildman–Crippen LogP) is 3.86. The average molecular weight is 548 g/mol. The standard InChI is InChI=1S/C27H35F2N5O3S/c1-19-16-23(31-24(17-19)34-13-8-27(28,29)9-14-34)32-25(36)21-3-2-20(38(37)30-10-15-35)18-22(21)33-11-6-26(4-5-26)7-12-33/h2-3,16-18,30,35H,4-15H2,1H3,(H,31,32,36). The van der Waals surface area contributed by atoms with Gasteiger partial charge >= 0.3 is 0 Å². The molecule has 5 rings (SSSR count). The molecule has 0 radical (unpaired) electrons. The molecule has 3 N–H and O–H groups in total. The van der Waals surface area contributed by atoms with Crippen molar-refractivity contribution in [3.05, 3.63) is 41.5 Å². The number of anilines is 3. The SMILES string of the molecule is Cc1cc(NC(=O)c2ccc(S(=O)NCCO)cc2N2CCC3(CC2)CC3)nc(N2CCC(F)(F)CC2)c1. The maximum atomic E-state index is 13.6. The van der Waals surface area contributed by atoms with E-state index >= 15 is 0 Å². The summed E-state index contributed by atoms with van der Waals surface area (Å²) in [6.45, 7) is 4.03. The molecule has 1 spiro atoms. The molecule has 0 bridgehead atoms.